The summed E-state index contributed by atoms with van der Waals surface area (Å²) in [7, 11) is 0. The molecule has 2 rings (SSSR count). The first-order chi connectivity index (χ1) is 10.4. The summed E-state index contributed by atoms with van der Waals surface area (Å²) in [5.74, 6) is -1.74. The quantitative estimate of drug-likeness (QED) is 0.604. The largest absolute Gasteiger partial charge is 0.481 e. The van der Waals surface area contributed by atoms with Gasteiger partial charge in [0.2, 0.25) is 5.91 Å². The molecule has 1 fully saturated rings. The number of non-ortho nitro benzene ring substituents is 1. The molecule has 0 saturated carbocycles. The summed E-state index contributed by atoms with van der Waals surface area (Å²) in [6.07, 6.45) is 0.0475. The highest BCUT2D eigenvalue weighted by Crippen LogP contribution is 2.21. The zero-order valence-corrected chi connectivity index (χ0v) is 12.1. The number of benzene rings is 1. The molecule has 0 radical (unpaired) electrons. The van der Waals surface area contributed by atoms with Crippen molar-refractivity contribution in [1.29, 1.82) is 0 Å². The Kier molecular flexibility index (Phi) is 4.59. The lowest BCUT2D eigenvalue weighted by Crippen LogP contribution is -2.31. The first kappa shape index (κ1) is 15.7. The van der Waals surface area contributed by atoms with E-state index in [0.29, 0.717) is 13.1 Å². The van der Waals surface area contributed by atoms with E-state index in [1.807, 2.05) is 0 Å². The number of hydrogen-bond donors (Lipinski definition) is 2. The summed E-state index contributed by atoms with van der Waals surface area (Å²) in [6.45, 7) is 2.85. The number of aryl methyl sites for hydroxylation is 1. The van der Waals surface area contributed by atoms with E-state index in [1.165, 1.54) is 17.0 Å². The number of nitro groups is 1. The summed E-state index contributed by atoms with van der Waals surface area (Å²) >= 11 is 0. The Morgan fingerprint density at radius 2 is 2.27 bits per heavy atom. The van der Waals surface area contributed by atoms with E-state index < -0.39 is 16.8 Å². The number of hydrogen-bond acceptors (Lipinski definition) is 5. The molecule has 0 bridgehead atoms. The van der Waals surface area contributed by atoms with E-state index in [4.69, 9.17) is 5.11 Å². The molecule has 1 aromatic carbocycles. The fourth-order valence-corrected chi connectivity index (χ4v) is 2.44. The third-order valence-corrected chi connectivity index (χ3v) is 3.68. The Morgan fingerprint density at radius 1 is 1.55 bits per heavy atom. The number of rotatable bonds is 6. The molecule has 1 heterocycles. The van der Waals surface area contributed by atoms with Crippen LogP contribution in [0.25, 0.3) is 0 Å². The SMILES string of the molecule is Cc1cc([N+](=O)[O-])ccc1NCCN1C[C@H](C(=O)O)CC1=O. The molecule has 0 spiro atoms. The average Bonchev–Trinajstić information content (AvgIpc) is 2.82. The molecule has 1 aliphatic rings. The molecule has 0 aromatic heterocycles. The van der Waals surface area contributed by atoms with Gasteiger partial charge in [0.15, 0.2) is 0 Å². The van der Waals surface area contributed by atoms with E-state index in [0.717, 1.165) is 11.3 Å². The molecule has 1 amide bonds. The number of carbonyl (C=O) groups is 2. The van der Waals surface area contributed by atoms with Crippen LogP contribution in [-0.2, 0) is 9.59 Å². The lowest BCUT2D eigenvalue weighted by atomic mass is 10.1. The maximum atomic E-state index is 11.7. The molecule has 1 aliphatic heterocycles. The predicted octanol–water partition coefficient (Wildman–Crippen LogP) is 1.25. The van der Waals surface area contributed by atoms with Gasteiger partial charge < -0.3 is 15.3 Å². The molecule has 8 nitrogen and oxygen atoms in total. The zero-order chi connectivity index (χ0) is 16.3. The summed E-state index contributed by atoms with van der Waals surface area (Å²) < 4.78 is 0. The predicted molar refractivity (Wildman–Crippen MR) is 78.6 cm³/mol. The lowest BCUT2D eigenvalue weighted by Gasteiger charge is -2.17. The van der Waals surface area contributed by atoms with Gasteiger partial charge in [-0.3, -0.25) is 19.7 Å². The van der Waals surface area contributed by atoms with Gasteiger partial charge in [0.05, 0.1) is 10.8 Å². The molecule has 2 N–H and O–H groups in total. The molecular weight excluding hydrogens is 290 g/mol. The van der Waals surface area contributed by atoms with Gasteiger partial charge >= 0.3 is 5.97 Å². The van der Waals surface area contributed by atoms with Gasteiger partial charge in [-0.1, -0.05) is 0 Å². The Hall–Kier alpha value is -2.64. The minimum Gasteiger partial charge on any atom is -0.481 e. The lowest BCUT2D eigenvalue weighted by molar-refractivity contribution is -0.384. The maximum absolute atomic E-state index is 11.7. The van der Waals surface area contributed by atoms with Crippen molar-refractivity contribution in [3.63, 3.8) is 0 Å². The van der Waals surface area contributed by atoms with Crippen molar-refractivity contribution in [2.45, 2.75) is 13.3 Å². The summed E-state index contributed by atoms with van der Waals surface area (Å²) in [6, 6.07) is 4.51. The van der Waals surface area contributed by atoms with Crippen LogP contribution in [0.1, 0.15) is 12.0 Å². The van der Waals surface area contributed by atoms with E-state index in [2.05, 4.69) is 5.32 Å². The van der Waals surface area contributed by atoms with Gasteiger partial charge in [-0.2, -0.15) is 0 Å². The van der Waals surface area contributed by atoms with Gasteiger partial charge in [-0.05, 0) is 18.6 Å². The highest BCUT2D eigenvalue weighted by molar-refractivity contribution is 5.86. The van der Waals surface area contributed by atoms with Gasteiger partial charge in [0.1, 0.15) is 0 Å². The average molecular weight is 307 g/mol. The maximum Gasteiger partial charge on any atom is 0.308 e. The van der Waals surface area contributed by atoms with Gasteiger partial charge in [-0.25, -0.2) is 0 Å². The Balaban J connectivity index is 1.88. The van der Waals surface area contributed by atoms with Crippen molar-refractivity contribution >= 4 is 23.3 Å². The van der Waals surface area contributed by atoms with Crippen LogP contribution in [0.2, 0.25) is 0 Å². The van der Waals surface area contributed by atoms with Gasteiger partial charge in [0, 0.05) is 43.9 Å². The second kappa shape index (κ2) is 6.42. The molecular formula is C14H17N3O5. The molecule has 8 heteroatoms. The highest BCUT2D eigenvalue weighted by Gasteiger charge is 2.33. The summed E-state index contributed by atoms with van der Waals surface area (Å²) in [5, 5.41) is 22.7. The standard InChI is InChI=1S/C14H17N3O5/c1-9-6-11(17(21)22)2-3-12(9)15-4-5-16-8-10(14(19)20)7-13(16)18/h2-3,6,10,15H,4-5,7-8H2,1H3,(H,19,20)/t10-/m1/s1. The van der Waals surface area contributed by atoms with Crippen LogP contribution in [0, 0.1) is 23.0 Å². The number of aliphatic carboxylic acids is 1. The van der Waals surface area contributed by atoms with E-state index in [-0.39, 0.29) is 24.6 Å². The van der Waals surface area contributed by atoms with Crippen LogP contribution in [0.4, 0.5) is 11.4 Å². The third-order valence-electron chi connectivity index (χ3n) is 3.68. The minimum atomic E-state index is -0.949. The van der Waals surface area contributed by atoms with Crippen LogP contribution in [0.5, 0.6) is 0 Å². The number of nitro benzene ring substituents is 1. The second-order valence-electron chi connectivity index (χ2n) is 5.26. The number of nitrogens with zero attached hydrogens (tertiary/aromatic N) is 2. The highest BCUT2D eigenvalue weighted by atomic mass is 16.6. The third kappa shape index (κ3) is 3.51. The van der Waals surface area contributed by atoms with Crippen molar-refractivity contribution in [3.05, 3.63) is 33.9 Å². The van der Waals surface area contributed by atoms with Crippen LogP contribution < -0.4 is 5.32 Å². The number of likely N-dealkylation sites (tertiary alicyclic amines) is 1. The van der Waals surface area contributed by atoms with Crippen LogP contribution in [-0.4, -0.2) is 46.4 Å². The van der Waals surface area contributed by atoms with Crippen molar-refractivity contribution in [2.24, 2.45) is 5.92 Å². The summed E-state index contributed by atoms with van der Waals surface area (Å²) in [4.78, 5) is 34.3. The molecule has 1 aromatic rings. The Labute approximate surface area is 126 Å². The van der Waals surface area contributed by atoms with E-state index in [1.54, 1.807) is 13.0 Å². The molecule has 22 heavy (non-hydrogen) atoms. The normalized spacial score (nSPS) is 17.6. The fourth-order valence-electron chi connectivity index (χ4n) is 2.44. The molecule has 0 unspecified atom stereocenters. The number of carboxylic acid groups (broad SMARTS) is 1. The number of amides is 1. The number of nitrogens with one attached hydrogen (secondary N) is 1. The van der Waals surface area contributed by atoms with Crippen molar-refractivity contribution in [3.8, 4) is 0 Å². The first-order valence-electron chi connectivity index (χ1n) is 6.88. The number of carbonyl (C=O) groups excluding carboxylic acids is 1. The molecule has 0 aliphatic carbocycles. The van der Waals surface area contributed by atoms with Crippen LogP contribution in [0.3, 0.4) is 0 Å². The monoisotopic (exact) mass is 307 g/mol. The number of anilines is 1. The van der Waals surface area contributed by atoms with Crippen molar-refractivity contribution in [1.82, 2.24) is 4.90 Å². The van der Waals surface area contributed by atoms with Crippen LogP contribution >= 0.6 is 0 Å². The molecule has 1 atom stereocenters. The number of carboxylic acids is 1. The van der Waals surface area contributed by atoms with Crippen molar-refractivity contribution < 1.29 is 19.6 Å². The van der Waals surface area contributed by atoms with Crippen LogP contribution in [0.15, 0.2) is 18.2 Å². The van der Waals surface area contributed by atoms with Crippen molar-refractivity contribution in [2.75, 3.05) is 25.0 Å². The smallest absolute Gasteiger partial charge is 0.308 e. The minimum absolute atomic E-state index is 0.0297. The zero-order valence-electron chi connectivity index (χ0n) is 12.1. The topological polar surface area (TPSA) is 113 Å². The van der Waals surface area contributed by atoms with E-state index in [9.17, 15) is 19.7 Å². The Morgan fingerprint density at radius 3 is 2.82 bits per heavy atom. The summed E-state index contributed by atoms with van der Waals surface area (Å²) in [5.41, 5.74) is 1.53. The molecule has 118 valence electrons. The fraction of sp³-hybridized carbons (Fsp3) is 0.429. The second-order valence-corrected chi connectivity index (χ2v) is 5.26. The van der Waals surface area contributed by atoms with Gasteiger partial charge in [0.25, 0.3) is 5.69 Å². The van der Waals surface area contributed by atoms with E-state index >= 15 is 0 Å². The first-order valence-corrected chi connectivity index (χ1v) is 6.88. The van der Waals surface area contributed by atoms with Gasteiger partial charge in [-0.15, -0.1) is 0 Å². The Bertz CT molecular complexity index is 616. The molecule has 1 saturated heterocycles.